The number of methoxy groups -OCH3 is 1. The van der Waals surface area contributed by atoms with E-state index in [1.165, 1.54) is 0 Å². The number of nitrogens with zero attached hydrogens (tertiary/aromatic N) is 2. The molecule has 1 aromatic heterocycles. The maximum Gasteiger partial charge on any atom is 0.257 e. The van der Waals surface area contributed by atoms with Gasteiger partial charge in [0.2, 0.25) is 0 Å². The molecule has 0 aliphatic carbocycles. The number of hydrogen-bond acceptors (Lipinski definition) is 5. The molecule has 0 unspecified atom stereocenters. The summed E-state index contributed by atoms with van der Waals surface area (Å²) in [6.07, 6.45) is 1.60. The summed E-state index contributed by atoms with van der Waals surface area (Å²) in [5, 5.41) is 13.1. The van der Waals surface area contributed by atoms with Crippen molar-refractivity contribution in [1.82, 2.24) is 10.1 Å². The molecule has 2 rings (SSSR count). The van der Waals surface area contributed by atoms with Crippen molar-refractivity contribution in [3.8, 4) is 17.2 Å². The highest BCUT2D eigenvalue weighted by molar-refractivity contribution is 5.53. The Morgan fingerprint density at radius 3 is 2.76 bits per heavy atom. The number of aryl methyl sites for hydroxylation is 1. The molecule has 0 spiro atoms. The van der Waals surface area contributed by atoms with Gasteiger partial charge >= 0.3 is 0 Å². The highest BCUT2D eigenvalue weighted by Crippen LogP contribution is 2.20. The van der Waals surface area contributed by atoms with Crippen molar-refractivity contribution >= 4 is 0 Å². The van der Waals surface area contributed by atoms with E-state index in [9.17, 15) is 5.11 Å². The number of rotatable bonds is 5. The zero-order chi connectivity index (χ0) is 12.1. The molecular weight excluding hydrogens is 220 g/mol. The van der Waals surface area contributed by atoms with Gasteiger partial charge in [0.25, 0.3) is 5.89 Å². The third-order valence-corrected chi connectivity index (χ3v) is 2.33. The molecule has 2 aromatic rings. The topological polar surface area (TPSA) is 68.4 Å². The Bertz CT molecular complexity index is 465. The van der Waals surface area contributed by atoms with E-state index in [1.54, 1.807) is 31.4 Å². The van der Waals surface area contributed by atoms with E-state index in [1.807, 2.05) is 0 Å². The van der Waals surface area contributed by atoms with Crippen LogP contribution in [0.3, 0.4) is 0 Å². The molecule has 0 saturated heterocycles. The fourth-order valence-electron chi connectivity index (χ4n) is 1.45. The number of aromatic hydroxyl groups is 1. The Morgan fingerprint density at radius 2 is 2.06 bits per heavy atom. The highest BCUT2D eigenvalue weighted by Gasteiger charge is 2.08. The fourth-order valence-corrected chi connectivity index (χ4v) is 1.45. The Hall–Kier alpha value is -1.88. The Kier molecular flexibility index (Phi) is 3.72. The summed E-state index contributed by atoms with van der Waals surface area (Å²) >= 11 is 0. The first-order valence-electron chi connectivity index (χ1n) is 5.40. The largest absolute Gasteiger partial charge is 0.508 e. The monoisotopic (exact) mass is 234 g/mol. The number of phenols is 1. The fraction of sp³-hybridized carbons (Fsp3) is 0.333. The van der Waals surface area contributed by atoms with Gasteiger partial charge in [-0.2, -0.15) is 4.98 Å². The van der Waals surface area contributed by atoms with Crippen LogP contribution in [-0.4, -0.2) is 29.0 Å². The second-order valence-electron chi connectivity index (χ2n) is 3.66. The van der Waals surface area contributed by atoms with Crippen molar-refractivity contribution < 1.29 is 14.4 Å². The average Bonchev–Trinajstić information content (AvgIpc) is 2.79. The molecule has 5 nitrogen and oxygen atoms in total. The number of hydrogen-bond donors (Lipinski definition) is 1. The van der Waals surface area contributed by atoms with Crippen molar-refractivity contribution in [3.05, 3.63) is 30.1 Å². The second kappa shape index (κ2) is 5.45. The third kappa shape index (κ3) is 3.04. The summed E-state index contributed by atoms with van der Waals surface area (Å²) in [5.41, 5.74) is 0.799. The van der Waals surface area contributed by atoms with Gasteiger partial charge in [0.1, 0.15) is 5.75 Å². The van der Waals surface area contributed by atoms with Crippen LogP contribution in [0.15, 0.2) is 28.8 Å². The maximum atomic E-state index is 9.17. The van der Waals surface area contributed by atoms with E-state index in [4.69, 9.17) is 9.26 Å². The molecule has 1 N–H and O–H groups in total. The molecule has 1 heterocycles. The lowest BCUT2D eigenvalue weighted by Gasteiger charge is -1.94. The summed E-state index contributed by atoms with van der Waals surface area (Å²) < 4.78 is 10.1. The first-order chi connectivity index (χ1) is 8.29. The molecule has 17 heavy (non-hydrogen) atoms. The molecule has 0 saturated carbocycles. The lowest BCUT2D eigenvalue weighted by atomic mass is 10.2. The Labute approximate surface area is 99.0 Å². The molecule has 5 heteroatoms. The van der Waals surface area contributed by atoms with Gasteiger partial charge in [0.15, 0.2) is 5.82 Å². The van der Waals surface area contributed by atoms with Crippen LogP contribution >= 0.6 is 0 Å². The number of phenolic OH excluding ortho intramolecular Hbond substituents is 1. The maximum absolute atomic E-state index is 9.17. The molecule has 0 aliphatic rings. The number of ether oxygens (including phenoxy) is 1. The van der Waals surface area contributed by atoms with Crippen LogP contribution in [0.4, 0.5) is 0 Å². The first kappa shape index (κ1) is 11.6. The van der Waals surface area contributed by atoms with Gasteiger partial charge in [-0.1, -0.05) is 5.16 Å². The smallest absolute Gasteiger partial charge is 0.257 e. The molecule has 0 atom stereocenters. The van der Waals surface area contributed by atoms with Crippen LogP contribution in [0.2, 0.25) is 0 Å². The minimum Gasteiger partial charge on any atom is -0.508 e. The minimum atomic E-state index is 0.216. The zero-order valence-electron chi connectivity index (χ0n) is 9.59. The second-order valence-corrected chi connectivity index (χ2v) is 3.66. The zero-order valence-corrected chi connectivity index (χ0v) is 9.59. The highest BCUT2D eigenvalue weighted by atomic mass is 16.5. The van der Waals surface area contributed by atoms with Crippen LogP contribution in [0.5, 0.6) is 5.75 Å². The van der Waals surface area contributed by atoms with Gasteiger partial charge in [-0.05, 0) is 30.7 Å². The SMILES string of the molecule is COCCCc1noc(-c2ccc(O)cc2)n1. The summed E-state index contributed by atoms with van der Waals surface area (Å²) in [6, 6.07) is 6.65. The standard InChI is InChI=1S/C12H14N2O3/c1-16-8-2-3-11-13-12(17-14-11)9-4-6-10(15)7-5-9/h4-7,15H,2-3,8H2,1H3. The minimum absolute atomic E-state index is 0.216. The first-order valence-corrected chi connectivity index (χ1v) is 5.40. The van der Waals surface area contributed by atoms with E-state index in [0.717, 1.165) is 18.4 Å². The van der Waals surface area contributed by atoms with Gasteiger partial charge in [-0.15, -0.1) is 0 Å². The Balaban J connectivity index is 2.04. The molecule has 0 radical (unpaired) electrons. The average molecular weight is 234 g/mol. The predicted octanol–water partition coefficient (Wildman–Crippen LogP) is 2.02. The lowest BCUT2D eigenvalue weighted by molar-refractivity contribution is 0.194. The van der Waals surface area contributed by atoms with E-state index >= 15 is 0 Å². The van der Waals surface area contributed by atoms with Gasteiger partial charge in [0, 0.05) is 25.7 Å². The van der Waals surface area contributed by atoms with Crippen molar-refractivity contribution in [2.45, 2.75) is 12.8 Å². The normalized spacial score (nSPS) is 10.6. The van der Waals surface area contributed by atoms with E-state index in [-0.39, 0.29) is 5.75 Å². The van der Waals surface area contributed by atoms with Gasteiger partial charge in [0.05, 0.1) is 0 Å². The van der Waals surface area contributed by atoms with Gasteiger partial charge in [-0.25, -0.2) is 0 Å². The number of benzene rings is 1. The van der Waals surface area contributed by atoms with Crippen LogP contribution in [0, 0.1) is 0 Å². The molecule has 0 amide bonds. The van der Waals surface area contributed by atoms with Crippen molar-refractivity contribution in [1.29, 1.82) is 0 Å². The molecule has 90 valence electrons. The van der Waals surface area contributed by atoms with Crippen LogP contribution in [0.25, 0.3) is 11.5 Å². The van der Waals surface area contributed by atoms with Crippen LogP contribution in [0.1, 0.15) is 12.2 Å². The molecule has 0 fully saturated rings. The summed E-state index contributed by atoms with van der Waals surface area (Å²) in [7, 11) is 1.66. The van der Waals surface area contributed by atoms with Crippen LogP contribution in [-0.2, 0) is 11.2 Å². The van der Waals surface area contributed by atoms with Gasteiger partial charge < -0.3 is 14.4 Å². The Morgan fingerprint density at radius 1 is 1.29 bits per heavy atom. The van der Waals surface area contributed by atoms with E-state index in [2.05, 4.69) is 10.1 Å². The predicted molar refractivity (Wildman–Crippen MR) is 61.6 cm³/mol. The van der Waals surface area contributed by atoms with Crippen molar-refractivity contribution in [3.63, 3.8) is 0 Å². The van der Waals surface area contributed by atoms with Crippen molar-refractivity contribution in [2.75, 3.05) is 13.7 Å². The lowest BCUT2D eigenvalue weighted by Crippen LogP contribution is -1.94. The summed E-state index contributed by atoms with van der Waals surface area (Å²) in [5.74, 6) is 1.36. The summed E-state index contributed by atoms with van der Waals surface area (Å²) in [6.45, 7) is 0.684. The quantitative estimate of drug-likeness (QED) is 0.801. The van der Waals surface area contributed by atoms with Crippen molar-refractivity contribution in [2.24, 2.45) is 0 Å². The van der Waals surface area contributed by atoms with E-state index in [0.29, 0.717) is 18.3 Å². The third-order valence-electron chi connectivity index (χ3n) is 2.33. The molecule has 1 aromatic carbocycles. The molecule has 0 aliphatic heterocycles. The molecule has 0 bridgehead atoms. The number of aromatic nitrogens is 2. The molecular formula is C12H14N2O3. The van der Waals surface area contributed by atoms with Crippen LogP contribution < -0.4 is 0 Å². The summed E-state index contributed by atoms with van der Waals surface area (Å²) in [4.78, 5) is 4.27. The van der Waals surface area contributed by atoms with Gasteiger partial charge in [-0.3, -0.25) is 0 Å². The van der Waals surface area contributed by atoms with E-state index < -0.39 is 0 Å².